The van der Waals surface area contributed by atoms with Crippen molar-refractivity contribution < 1.29 is 0 Å². The van der Waals surface area contributed by atoms with E-state index in [1.165, 1.54) is 25.7 Å². The molecule has 0 unspecified atom stereocenters. The highest BCUT2D eigenvalue weighted by molar-refractivity contribution is 5.57. The standard InChI is InChI=1S/C16H28N4/c1-11-13(17-5)19-15(16(2,3)4)20-14(11)18-10-6-7-12-8-9-12/h12H,6-10H2,1-5H3,(H2,17,18,19,20). The minimum absolute atomic E-state index is 0.0380. The van der Waals surface area contributed by atoms with Crippen molar-refractivity contribution in [2.45, 2.75) is 58.8 Å². The second-order valence-electron chi connectivity index (χ2n) is 6.88. The van der Waals surface area contributed by atoms with Gasteiger partial charge in [-0.1, -0.05) is 33.6 Å². The van der Waals surface area contributed by atoms with Gasteiger partial charge in [0.05, 0.1) is 0 Å². The van der Waals surface area contributed by atoms with E-state index >= 15 is 0 Å². The summed E-state index contributed by atoms with van der Waals surface area (Å²) in [7, 11) is 1.92. The molecule has 0 amide bonds. The lowest BCUT2D eigenvalue weighted by Crippen LogP contribution is -2.19. The summed E-state index contributed by atoms with van der Waals surface area (Å²) < 4.78 is 0. The first-order chi connectivity index (χ1) is 9.41. The molecule has 2 rings (SSSR count). The molecule has 20 heavy (non-hydrogen) atoms. The first kappa shape index (κ1) is 15.1. The highest BCUT2D eigenvalue weighted by Crippen LogP contribution is 2.33. The third-order valence-electron chi connectivity index (χ3n) is 3.83. The van der Waals surface area contributed by atoms with Gasteiger partial charge < -0.3 is 10.6 Å². The molecular formula is C16H28N4. The Labute approximate surface area is 122 Å². The van der Waals surface area contributed by atoms with Crippen LogP contribution in [0.2, 0.25) is 0 Å². The molecule has 1 aliphatic rings. The minimum atomic E-state index is -0.0380. The van der Waals surface area contributed by atoms with Crippen LogP contribution in [-0.2, 0) is 5.41 Å². The van der Waals surface area contributed by atoms with Crippen LogP contribution in [0.15, 0.2) is 0 Å². The Bertz CT molecular complexity index is 458. The first-order valence-electron chi connectivity index (χ1n) is 7.72. The van der Waals surface area contributed by atoms with Gasteiger partial charge in [0, 0.05) is 24.6 Å². The van der Waals surface area contributed by atoms with Crippen LogP contribution in [0.4, 0.5) is 11.6 Å². The molecule has 1 heterocycles. The van der Waals surface area contributed by atoms with Gasteiger partial charge >= 0.3 is 0 Å². The van der Waals surface area contributed by atoms with Crippen LogP contribution >= 0.6 is 0 Å². The summed E-state index contributed by atoms with van der Waals surface area (Å²) in [6.07, 6.45) is 5.45. The van der Waals surface area contributed by atoms with Crippen molar-refractivity contribution in [3.63, 3.8) is 0 Å². The fourth-order valence-electron chi connectivity index (χ4n) is 2.27. The van der Waals surface area contributed by atoms with Crippen molar-refractivity contribution in [3.05, 3.63) is 11.4 Å². The fourth-order valence-corrected chi connectivity index (χ4v) is 2.27. The molecule has 1 fully saturated rings. The molecule has 1 aromatic rings. The van der Waals surface area contributed by atoms with E-state index in [0.29, 0.717) is 0 Å². The molecule has 0 atom stereocenters. The van der Waals surface area contributed by atoms with Gasteiger partial charge in [-0.15, -0.1) is 0 Å². The second-order valence-corrected chi connectivity index (χ2v) is 6.88. The normalized spacial score (nSPS) is 15.2. The van der Waals surface area contributed by atoms with Gasteiger partial charge in [-0.25, -0.2) is 9.97 Å². The largest absolute Gasteiger partial charge is 0.373 e. The van der Waals surface area contributed by atoms with Crippen molar-refractivity contribution in [1.82, 2.24) is 9.97 Å². The Hall–Kier alpha value is -1.32. The number of anilines is 2. The van der Waals surface area contributed by atoms with Gasteiger partial charge in [0.1, 0.15) is 17.5 Å². The van der Waals surface area contributed by atoms with Crippen molar-refractivity contribution in [2.24, 2.45) is 5.92 Å². The molecule has 4 nitrogen and oxygen atoms in total. The molecule has 4 heteroatoms. The van der Waals surface area contributed by atoms with Crippen molar-refractivity contribution in [2.75, 3.05) is 24.2 Å². The van der Waals surface area contributed by atoms with Crippen LogP contribution in [-0.4, -0.2) is 23.6 Å². The third kappa shape index (κ3) is 3.84. The zero-order valence-corrected chi connectivity index (χ0v) is 13.5. The summed E-state index contributed by atoms with van der Waals surface area (Å²) in [6.45, 7) is 9.51. The number of nitrogens with zero attached hydrogens (tertiary/aromatic N) is 2. The Morgan fingerprint density at radius 3 is 2.35 bits per heavy atom. The molecule has 0 aliphatic heterocycles. The monoisotopic (exact) mass is 276 g/mol. The zero-order valence-electron chi connectivity index (χ0n) is 13.5. The molecular weight excluding hydrogens is 248 g/mol. The smallest absolute Gasteiger partial charge is 0.138 e. The Morgan fingerprint density at radius 1 is 1.15 bits per heavy atom. The summed E-state index contributed by atoms with van der Waals surface area (Å²) in [4.78, 5) is 9.35. The van der Waals surface area contributed by atoms with Crippen molar-refractivity contribution >= 4 is 11.6 Å². The predicted octanol–water partition coefficient (Wildman–Crippen LogP) is 3.73. The lowest BCUT2D eigenvalue weighted by atomic mass is 9.95. The molecule has 1 saturated carbocycles. The van der Waals surface area contributed by atoms with Gasteiger partial charge in [-0.05, 0) is 25.7 Å². The van der Waals surface area contributed by atoms with Crippen molar-refractivity contribution in [3.8, 4) is 0 Å². The van der Waals surface area contributed by atoms with Crippen LogP contribution in [0.3, 0.4) is 0 Å². The molecule has 0 bridgehead atoms. The molecule has 1 aromatic heterocycles. The maximum atomic E-state index is 4.72. The summed E-state index contributed by atoms with van der Waals surface area (Å²) in [6, 6.07) is 0. The molecule has 0 spiro atoms. The van der Waals surface area contributed by atoms with Gasteiger partial charge in [-0.3, -0.25) is 0 Å². The van der Waals surface area contributed by atoms with Crippen LogP contribution in [0, 0.1) is 12.8 Å². The number of rotatable bonds is 6. The predicted molar refractivity (Wildman–Crippen MR) is 85.5 cm³/mol. The van der Waals surface area contributed by atoms with Crippen LogP contribution in [0.5, 0.6) is 0 Å². The molecule has 2 N–H and O–H groups in total. The average molecular weight is 276 g/mol. The summed E-state index contributed by atoms with van der Waals surface area (Å²) in [5.41, 5.74) is 1.07. The third-order valence-corrected chi connectivity index (χ3v) is 3.83. The van der Waals surface area contributed by atoms with Gasteiger partial charge in [0.2, 0.25) is 0 Å². The number of hydrogen-bond donors (Lipinski definition) is 2. The highest BCUT2D eigenvalue weighted by Gasteiger charge is 2.22. The quantitative estimate of drug-likeness (QED) is 0.777. The number of aromatic nitrogens is 2. The first-order valence-corrected chi connectivity index (χ1v) is 7.72. The molecule has 0 radical (unpaired) electrons. The van der Waals surface area contributed by atoms with Crippen molar-refractivity contribution in [1.29, 1.82) is 0 Å². The fraction of sp³-hybridized carbons (Fsp3) is 0.750. The summed E-state index contributed by atoms with van der Waals surface area (Å²) in [5, 5.41) is 6.67. The summed E-state index contributed by atoms with van der Waals surface area (Å²) >= 11 is 0. The SMILES string of the molecule is CNc1nc(C(C)(C)C)nc(NCCCC2CC2)c1C. The molecule has 1 aliphatic carbocycles. The molecule has 112 valence electrons. The minimum Gasteiger partial charge on any atom is -0.373 e. The Kier molecular flexibility index (Phi) is 4.51. The maximum Gasteiger partial charge on any atom is 0.138 e. The average Bonchev–Trinajstić information content (AvgIpc) is 3.19. The molecule has 0 saturated heterocycles. The second kappa shape index (κ2) is 5.98. The van der Waals surface area contributed by atoms with E-state index in [0.717, 1.165) is 35.5 Å². The van der Waals surface area contributed by atoms with Crippen LogP contribution in [0.25, 0.3) is 0 Å². The van der Waals surface area contributed by atoms with E-state index in [9.17, 15) is 0 Å². The highest BCUT2D eigenvalue weighted by atomic mass is 15.1. The Balaban J connectivity index is 2.08. The van der Waals surface area contributed by atoms with Crippen LogP contribution in [0.1, 0.15) is 57.8 Å². The van der Waals surface area contributed by atoms with E-state index < -0.39 is 0 Å². The Morgan fingerprint density at radius 2 is 1.80 bits per heavy atom. The number of hydrogen-bond acceptors (Lipinski definition) is 4. The maximum absolute atomic E-state index is 4.72. The van der Waals surface area contributed by atoms with Crippen LogP contribution < -0.4 is 10.6 Å². The van der Waals surface area contributed by atoms with Gasteiger partial charge in [-0.2, -0.15) is 0 Å². The lowest BCUT2D eigenvalue weighted by Gasteiger charge is -2.20. The van der Waals surface area contributed by atoms with E-state index in [-0.39, 0.29) is 5.41 Å². The van der Waals surface area contributed by atoms with E-state index in [4.69, 9.17) is 4.98 Å². The van der Waals surface area contributed by atoms with E-state index in [1.54, 1.807) is 0 Å². The summed E-state index contributed by atoms with van der Waals surface area (Å²) in [5.74, 6) is 3.79. The van der Waals surface area contributed by atoms with Gasteiger partial charge in [0.15, 0.2) is 0 Å². The van der Waals surface area contributed by atoms with E-state index in [2.05, 4.69) is 43.3 Å². The number of nitrogens with one attached hydrogen (secondary N) is 2. The molecule has 0 aromatic carbocycles. The van der Waals surface area contributed by atoms with E-state index in [1.807, 2.05) is 7.05 Å². The topological polar surface area (TPSA) is 49.8 Å². The lowest BCUT2D eigenvalue weighted by molar-refractivity contribution is 0.546. The van der Waals surface area contributed by atoms with Gasteiger partial charge in [0.25, 0.3) is 0 Å². The zero-order chi connectivity index (χ0) is 14.8.